The molecule has 3 aromatic heterocycles. The first-order valence-corrected chi connectivity index (χ1v) is 8.84. The maximum absolute atomic E-state index is 12.5. The van der Waals surface area contributed by atoms with Crippen LogP contribution in [0.3, 0.4) is 0 Å². The van der Waals surface area contributed by atoms with Gasteiger partial charge in [-0.15, -0.1) is 0 Å². The lowest BCUT2D eigenvalue weighted by atomic mass is 10.1. The van der Waals surface area contributed by atoms with Crippen LogP contribution in [-0.4, -0.2) is 22.1 Å². The Balaban J connectivity index is 1.83. The number of carbonyl (C=O) groups excluding carboxylic acids is 1. The standard InChI is InChI=1S/C22H20N2O3/c1-3-26-22(25)21-16(14-17(23-21)20-10-7-13-27-20)19-12-11-18(24(19)2)15-8-5-4-6-9-15/h4-14,23H,3H2,1-2H3. The van der Waals surface area contributed by atoms with Crippen LogP contribution in [0.25, 0.3) is 34.0 Å². The van der Waals surface area contributed by atoms with Gasteiger partial charge in [0.1, 0.15) is 11.5 Å². The van der Waals surface area contributed by atoms with Gasteiger partial charge in [0.15, 0.2) is 0 Å². The highest BCUT2D eigenvalue weighted by Gasteiger charge is 2.22. The van der Waals surface area contributed by atoms with E-state index in [9.17, 15) is 4.79 Å². The molecule has 1 N–H and O–H groups in total. The Labute approximate surface area is 157 Å². The molecule has 0 saturated carbocycles. The fourth-order valence-electron chi connectivity index (χ4n) is 3.27. The molecule has 5 heteroatoms. The second kappa shape index (κ2) is 7.03. The summed E-state index contributed by atoms with van der Waals surface area (Å²) in [5, 5.41) is 0. The molecule has 0 aliphatic carbocycles. The maximum Gasteiger partial charge on any atom is 0.355 e. The predicted molar refractivity (Wildman–Crippen MR) is 104 cm³/mol. The summed E-state index contributed by atoms with van der Waals surface area (Å²) in [6.07, 6.45) is 1.61. The van der Waals surface area contributed by atoms with E-state index in [1.807, 2.05) is 49.5 Å². The van der Waals surface area contributed by atoms with Crippen LogP contribution in [-0.2, 0) is 11.8 Å². The van der Waals surface area contributed by atoms with Gasteiger partial charge >= 0.3 is 5.97 Å². The third-order valence-corrected chi connectivity index (χ3v) is 4.55. The van der Waals surface area contributed by atoms with Crippen LogP contribution in [0.15, 0.2) is 71.3 Å². The second-order valence-electron chi connectivity index (χ2n) is 6.20. The maximum atomic E-state index is 12.5. The molecule has 0 radical (unpaired) electrons. The molecule has 1 aromatic carbocycles. The number of rotatable bonds is 5. The summed E-state index contributed by atoms with van der Waals surface area (Å²) in [7, 11) is 1.99. The normalized spacial score (nSPS) is 10.9. The Morgan fingerprint density at radius 1 is 1.07 bits per heavy atom. The van der Waals surface area contributed by atoms with Crippen molar-refractivity contribution in [1.29, 1.82) is 0 Å². The van der Waals surface area contributed by atoms with Crippen LogP contribution in [0.5, 0.6) is 0 Å². The number of hydrogen-bond acceptors (Lipinski definition) is 3. The van der Waals surface area contributed by atoms with Crippen molar-refractivity contribution in [2.45, 2.75) is 6.92 Å². The number of esters is 1. The zero-order valence-corrected chi connectivity index (χ0v) is 15.2. The fraction of sp³-hybridized carbons (Fsp3) is 0.136. The van der Waals surface area contributed by atoms with Crippen LogP contribution >= 0.6 is 0 Å². The molecule has 136 valence electrons. The van der Waals surface area contributed by atoms with Gasteiger partial charge in [0.2, 0.25) is 0 Å². The van der Waals surface area contributed by atoms with Gasteiger partial charge in [-0.3, -0.25) is 0 Å². The summed E-state index contributed by atoms with van der Waals surface area (Å²) < 4.78 is 12.8. The smallest absolute Gasteiger partial charge is 0.355 e. The Morgan fingerprint density at radius 2 is 1.85 bits per heavy atom. The third kappa shape index (κ3) is 3.08. The Morgan fingerprint density at radius 3 is 2.56 bits per heavy atom. The number of aromatic amines is 1. The van der Waals surface area contributed by atoms with Crippen molar-refractivity contribution in [3.05, 3.63) is 72.6 Å². The molecule has 27 heavy (non-hydrogen) atoms. The van der Waals surface area contributed by atoms with Crippen molar-refractivity contribution < 1.29 is 13.9 Å². The number of nitrogens with zero attached hydrogens (tertiary/aromatic N) is 1. The fourth-order valence-corrected chi connectivity index (χ4v) is 3.27. The van der Waals surface area contributed by atoms with Crippen LogP contribution < -0.4 is 0 Å². The quantitative estimate of drug-likeness (QED) is 0.502. The van der Waals surface area contributed by atoms with Gasteiger partial charge < -0.3 is 18.7 Å². The van der Waals surface area contributed by atoms with Crippen molar-refractivity contribution in [3.63, 3.8) is 0 Å². The SMILES string of the molecule is CCOC(=O)c1[nH]c(-c2ccco2)cc1-c1ccc(-c2ccccc2)n1C. The third-order valence-electron chi connectivity index (χ3n) is 4.55. The minimum absolute atomic E-state index is 0.315. The van der Waals surface area contributed by atoms with Crippen LogP contribution in [0, 0.1) is 0 Å². The number of hydrogen-bond donors (Lipinski definition) is 1. The first kappa shape index (κ1) is 17.0. The molecule has 0 aliphatic rings. The van der Waals surface area contributed by atoms with E-state index in [4.69, 9.17) is 9.15 Å². The van der Waals surface area contributed by atoms with E-state index in [-0.39, 0.29) is 5.97 Å². The van der Waals surface area contributed by atoms with Gasteiger partial charge in [-0.05, 0) is 42.8 Å². The summed E-state index contributed by atoms with van der Waals surface area (Å²) in [6, 6.07) is 19.8. The summed E-state index contributed by atoms with van der Waals surface area (Å²) >= 11 is 0. The van der Waals surface area contributed by atoms with Crippen LogP contribution in [0.2, 0.25) is 0 Å². The molecule has 0 unspecified atom stereocenters. The van der Waals surface area contributed by atoms with Gasteiger partial charge in [0.25, 0.3) is 0 Å². The zero-order chi connectivity index (χ0) is 18.8. The molecule has 0 atom stereocenters. The molecule has 0 aliphatic heterocycles. The van der Waals surface area contributed by atoms with Crippen LogP contribution in [0.1, 0.15) is 17.4 Å². The van der Waals surface area contributed by atoms with E-state index >= 15 is 0 Å². The average Bonchev–Trinajstić information content (AvgIpc) is 3.41. The highest BCUT2D eigenvalue weighted by atomic mass is 16.5. The first-order chi connectivity index (χ1) is 13.2. The zero-order valence-electron chi connectivity index (χ0n) is 15.2. The van der Waals surface area contributed by atoms with Gasteiger partial charge in [0, 0.05) is 18.3 Å². The first-order valence-electron chi connectivity index (χ1n) is 8.84. The van der Waals surface area contributed by atoms with Gasteiger partial charge in [-0.1, -0.05) is 30.3 Å². The lowest BCUT2D eigenvalue weighted by molar-refractivity contribution is 0.0521. The van der Waals surface area contributed by atoms with Gasteiger partial charge in [-0.2, -0.15) is 0 Å². The Kier molecular flexibility index (Phi) is 4.42. The number of furan rings is 1. The molecule has 5 nitrogen and oxygen atoms in total. The lowest BCUT2D eigenvalue weighted by Gasteiger charge is -2.09. The molecule has 3 heterocycles. The van der Waals surface area contributed by atoms with E-state index in [1.165, 1.54) is 0 Å². The molecule has 0 amide bonds. The monoisotopic (exact) mass is 360 g/mol. The van der Waals surface area contributed by atoms with Crippen LogP contribution in [0.4, 0.5) is 0 Å². The minimum Gasteiger partial charge on any atom is -0.463 e. The van der Waals surface area contributed by atoms with E-state index in [0.29, 0.717) is 18.1 Å². The highest BCUT2D eigenvalue weighted by molar-refractivity contribution is 5.97. The van der Waals surface area contributed by atoms with E-state index in [0.717, 1.165) is 28.2 Å². The van der Waals surface area contributed by atoms with E-state index < -0.39 is 0 Å². The highest BCUT2D eigenvalue weighted by Crippen LogP contribution is 2.33. The Bertz CT molecular complexity index is 1060. The van der Waals surface area contributed by atoms with Gasteiger partial charge in [-0.25, -0.2) is 4.79 Å². The largest absolute Gasteiger partial charge is 0.463 e. The summed E-state index contributed by atoms with van der Waals surface area (Å²) in [5.74, 6) is 0.289. The van der Waals surface area contributed by atoms with Crippen molar-refractivity contribution in [3.8, 4) is 34.0 Å². The van der Waals surface area contributed by atoms with Crippen molar-refractivity contribution in [2.24, 2.45) is 7.05 Å². The summed E-state index contributed by atoms with van der Waals surface area (Å²) in [6.45, 7) is 2.11. The minimum atomic E-state index is -0.382. The van der Waals surface area contributed by atoms with Gasteiger partial charge in [0.05, 0.1) is 24.3 Å². The molecular formula is C22H20N2O3. The molecule has 4 aromatic rings. The van der Waals surface area contributed by atoms with Crippen molar-refractivity contribution in [2.75, 3.05) is 6.61 Å². The summed E-state index contributed by atoms with van der Waals surface area (Å²) in [4.78, 5) is 15.7. The second-order valence-corrected chi connectivity index (χ2v) is 6.20. The number of carbonyl (C=O) groups is 1. The van der Waals surface area contributed by atoms with Crippen molar-refractivity contribution in [1.82, 2.24) is 9.55 Å². The van der Waals surface area contributed by atoms with E-state index in [1.54, 1.807) is 13.2 Å². The Hall–Kier alpha value is -3.47. The lowest BCUT2D eigenvalue weighted by Crippen LogP contribution is -2.07. The molecule has 0 bridgehead atoms. The molecular weight excluding hydrogens is 340 g/mol. The molecule has 0 saturated heterocycles. The number of H-pyrrole nitrogens is 1. The summed E-state index contributed by atoms with van der Waals surface area (Å²) in [5.41, 5.74) is 5.05. The topological polar surface area (TPSA) is 60.2 Å². The van der Waals surface area contributed by atoms with Crippen molar-refractivity contribution >= 4 is 5.97 Å². The number of aromatic nitrogens is 2. The molecule has 4 rings (SSSR count). The average molecular weight is 360 g/mol. The number of ether oxygens (including phenoxy) is 1. The molecule has 0 fully saturated rings. The van der Waals surface area contributed by atoms with E-state index in [2.05, 4.69) is 27.8 Å². The molecule has 0 spiro atoms. The predicted octanol–water partition coefficient (Wildman–Crippen LogP) is 5.12. The number of nitrogens with one attached hydrogen (secondary N) is 1. The number of benzene rings is 1.